The fraction of sp³-hybridized carbons (Fsp3) is 0.375. The third-order valence-electron chi connectivity index (χ3n) is 3.84. The summed E-state index contributed by atoms with van der Waals surface area (Å²) in [4.78, 5) is 11.6. The van der Waals surface area contributed by atoms with E-state index in [0.29, 0.717) is 0 Å². The van der Waals surface area contributed by atoms with Gasteiger partial charge < -0.3 is 4.74 Å². The molecule has 0 bridgehead atoms. The maximum absolute atomic E-state index is 11.6. The lowest BCUT2D eigenvalue weighted by Crippen LogP contribution is -2.23. The van der Waals surface area contributed by atoms with Crippen molar-refractivity contribution < 1.29 is 9.53 Å². The highest BCUT2D eigenvalue weighted by atomic mass is 16.5. The second-order valence-electron chi connectivity index (χ2n) is 5.25. The summed E-state index contributed by atoms with van der Waals surface area (Å²) in [6, 6.07) is 10.3. The summed E-state index contributed by atoms with van der Waals surface area (Å²) in [7, 11) is 1.46. The number of rotatable bonds is 3. The second-order valence-corrected chi connectivity index (χ2v) is 5.25. The molecule has 0 N–H and O–H groups in total. The molecule has 0 radical (unpaired) electrons. The fourth-order valence-electron chi connectivity index (χ4n) is 2.78. The van der Waals surface area contributed by atoms with Crippen molar-refractivity contribution in [2.24, 2.45) is 5.92 Å². The van der Waals surface area contributed by atoms with Gasteiger partial charge in [-0.15, -0.1) is 0 Å². The molecule has 3 rings (SSSR count). The normalized spacial score (nSPS) is 17.6. The van der Waals surface area contributed by atoms with Crippen molar-refractivity contribution in [1.82, 2.24) is 9.78 Å². The Bertz CT molecular complexity index is 604. The first-order chi connectivity index (χ1) is 9.76. The first-order valence-electron chi connectivity index (χ1n) is 6.93. The molecule has 0 spiro atoms. The van der Waals surface area contributed by atoms with E-state index in [9.17, 15) is 4.79 Å². The van der Waals surface area contributed by atoms with E-state index >= 15 is 0 Å². The zero-order valence-corrected chi connectivity index (χ0v) is 11.6. The van der Waals surface area contributed by atoms with E-state index in [1.807, 2.05) is 22.9 Å². The number of nitrogens with zero attached hydrogens (tertiary/aromatic N) is 2. The molecular formula is C16H18N2O2. The van der Waals surface area contributed by atoms with Gasteiger partial charge in [-0.1, -0.05) is 30.3 Å². The molecule has 4 nitrogen and oxygen atoms in total. The van der Waals surface area contributed by atoms with Crippen LogP contribution in [0.3, 0.4) is 0 Å². The van der Waals surface area contributed by atoms with Crippen molar-refractivity contribution in [2.45, 2.75) is 25.8 Å². The van der Waals surface area contributed by atoms with Gasteiger partial charge in [-0.2, -0.15) is 5.10 Å². The number of hydrogen-bond acceptors (Lipinski definition) is 3. The number of hydrogen-bond donors (Lipinski definition) is 0. The number of fused-ring (bicyclic) bond motifs is 1. The van der Waals surface area contributed by atoms with Crippen molar-refractivity contribution in [3.05, 3.63) is 53.3 Å². The van der Waals surface area contributed by atoms with Gasteiger partial charge in [0.15, 0.2) is 0 Å². The van der Waals surface area contributed by atoms with Crippen molar-refractivity contribution in [3.8, 4) is 0 Å². The van der Waals surface area contributed by atoms with Crippen LogP contribution in [0, 0.1) is 5.92 Å². The van der Waals surface area contributed by atoms with Gasteiger partial charge in [-0.25, -0.2) is 0 Å². The summed E-state index contributed by atoms with van der Waals surface area (Å²) >= 11 is 0. The average molecular weight is 270 g/mol. The van der Waals surface area contributed by atoms with Crippen LogP contribution in [0.5, 0.6) is 0 Å². The Morgan fingerprint density at radius 1 is 1.40 bits per heavy atom. The predicted octanol–water partition coefficient (Wildman–Crippen LogP) is 2.21. The van der Waals surface area contributed by atoms with Crippen LogP contribution in [0.1, 0.15) is 23.2 Å². The molecule has 1 unspecified atom stereocenters. The molecule has 0 fully saturated rings. The summed E-state index contributed by atoms with van der Waals surface area (Å²) in [6.07, 6.45) is 4.51. The van der Waals surface area contributed by atoms with Gasteiger partial charge in [0.1, 0.15) is 0 Å². The average Bonchev–Trinajstić information content (AvgIpc) is 2.88. The second kappa shape index (κ2) is 5.49. The molecular weight excluding hydrogens is 252 g/mol. The summed E-state index contributed by atoms with van der Waals surface area (Å²) in [6.45, 7) is 0.775. The van der Waals surface area contributed by atoms with Gasteiger partial charge in [-0.3, -0.25) is 9.48 Å². The molecule has 1 aromatic heterocycles. The lowest BCUT2D eigenvalue weighted by Gasteiger charge is -2.18. The first-order valence-corrected chi connectivity index (χ1v) is 6.93. The summed E-state index contributed by atoms with van der Waals surface area (Å²) < 4.78 is 6.81. The Kier molecular flexibility index (Phi) is 3.54. The largest absolute Gasteiger partial charge is 0.469 e. The molecule has 4 heteroatoms. The maximum Gasteiger partial charge on any atom is 0.309 e. The van der Waals surface area contributed by atoms with Crippen molar-refractivity contribution in [2.75, 3.05) is 7.11 Å². The van der Waals surface area contributed by atoms with Gasteiger partial charge in [0.2, 0.25) is 0 Å². The number of ether oxygens (including phenoxy) is 1. The van der Waals surface area contributed by atoms with Crippen LogP contribution in [0.15, 0.2) is 36.5 Å². The van der Waals surface area contributed by atoms with Gasteiger partial charge in [0, 0.05) is 6.20 Å². The first kappa shape index (κ1) is 12.9. The summed E-state index contributed by atoms with van der Waals surface area (Å²) in [5.74, 6) is -0.117. The van der Waals surface area contributed by atoms with E-state index in [-0.39, 0.29) is 11.9 Å². The molecule has 104 valence electrons. The van der Waals surface area contributed by atoms with E-state index in [4.69, 9.17) is 4.74 Å². The molecule has 1 aliphatic carbocycles. The van der Waals surface area contributed by atoms with Gasteiger partial charge in [0.25, 0.3) is 0 Å². The highest BCUT2D eigenvalue weighted by molar-refractivity contribution is 5.73. The Hall–Kier alpha value is -2.10. The SMILES string of the molecule is COC(=O)C1CCc2nn(Cc3ccccc3)cc2C1. The van der Waals surface area contributed by atoms with Gasteiger partial charge >= 0.3 is 5.97 Å². The molecule has 1 atom stereocenters. The Morgan fingerprint density at radius 3 is 2.95 bits per heavy atom. The Balaban J connectivity index is 1.75. The van der Waals surface area contributed by atoms with Crippen molar-refractivity contribution in [1.29, 1.82) is 0 Å². The zero-order chi connectivity index (χ0) is 13.9. The number of aromatic nitrogens is 2. The molecule has 1 heterocycles. The van der Waals surface area contributed by atoms with E-state index in [1.54, 1.807) is 0 Å². The minimum absolute atomic E-state index is 0.0122. The monoisotopic (exact) mass is 270 g/mol. The lowest BCUT2D eigenvalue weighted by atomic mass is 9.88. The molecule has 0 aliphatic heterocycles. The highest BCUT2D eigenvalue weighted by Gasteiger charge is 2.27. The fourth-order valence-corrected chi connectivity index (χ4v) is 2.78. The Labute approximate surface area is 118 Å². The van der Waals surface area contributed by atoms with Gasteiger partial charge in [-0.05, 0) is 30.4 Å². The highest BCUT2D eigenvalue weighted by Crippen LogP contribution is 2.25. The van der Waals surface area contributed by atoms with Crippen LogP contribution in [0.4, 0.5) is 0 Å². The lowest BCUT2D eigenvalue weighted by molar-refractivity contribution is -0.145. The predicted molar refractivity (Wildman–Crippen MR) is 75.3 cm³/mol. The smallest absolute Gasteiger partial charge is 0.309 e. The third-order valence-corrected chi connectivity index (χ3v) is 3.84. The molecule has 20 heavy (non-hydrogen) atoms. The quantitative estimate of drug-likeness (QED) is 0.803. The van der Waals surface area contributed by atoms with Crippen LogP contribution in [0.2, 0.25) is 0 Å². The van der Waals surface area contributed by atoms with Crippen molar-refractivity contribution in [3.63, 3.8) is 0 Å². The topological polar surface area (TPSA) is 44.1 Å². The van der Waals surface area contributed by atoms with E-state index < -0.39 is 0 Å². The molecule has 0 saturated carbocycles. The Morgan fingerprint density at radius 2 is 2.20 bits per heavy atom. The van der Waals surface area contributed by atoms with E-state index in [2.05, 4.69) is 23.4 Å². The molecule has 1 aromatic carbocycles. The number of esters is 1. The number of carbonyl (C=O) groups excluding carboxylic acids is 1. The third kappa shape index (κ3) is 2.59. The van der Waals surface area contributed by atoms with Crippen LogP contribution in [0.25, 0.3) is 0 Å². The minimum atomic E-state index is -0.105. The minimum Gasteiger partial charge on any atom is -0.469 e. The van der Waals surface area contributed by atoms with Crippen LogP contribution in [-0.4, -0.2) is 22.9 Å². The summed E-state index contributed by atoms with van der Waals surface area (Å²) in [5.41, 5.74) is 3.54. The number of benzene rings is 1. The van der Waals surface area contributed by atoms with E-state index in [1.165, 1.54) is 18.2 Å². The number of aryl methyl sites for hydroxylation is 1. The molecule has 1 aliphatic rings. The number of carbonyl (C=O) groups is 1. The molecule has 2 aromatic rings. The zero-order valence-electron chi connectivity index (χ0n) is 11.6. The molecule has 0 amide bonds. The standard InChI is InChI=1S/C16H18N2O2/c1-20-16(19)13-7-8-15-14(9-13)11-18(17-15)10-12-5-3-2-4-6-12/h2-6,11,13H,7-10H2,1H3. The van der Waals surface area contributed by atoms with Crippen LogP contribution >= 0.6 is 0 Å². The maximum atomic E-state index is 11.6. The summed E-state index contributed by atoms with van der Waals surface area (Å²) in [5, 5.41) is 4.63. The van der Waals surface area contributed by atoms with Crippen molar-refractivity contribution >= 4 is 5.97 Å². The number of methoxy groups -OCH3 is 1. The van der Waals surface area contributed by atoms with Crippen LogP contribution < -0.4 is 0 Å². The van der Waals surface area contributed by atoms with E-state index in [0.717, 1.165) is 31.5 Å². The van der Waals surface area contributed by atoms with Crippen LogP contribution in [-0.2, 0) is 28.9 Å². The molecule has 0 saturated heterocycles. The van der Waals surface area contributed by atoms with Gasteiger partial charge in [0.05, 0.1) is 25.3 Å².